The van der Waals surface area contributed by atoms with Crippen LogP contribution in [0.15, 0.2) is 0 Å². The van der Waals surface area contributed by atoms with Crippen molar-refractivity contribution in [3.63, 3.8) is 0 Å². The molecule has 0 bridgehead atoms. The normalized spacial score (nSPS) is 46.6. The lowest BCUT2D eigenvalue weighted by Crippen LogP contribution is -2.37. The van der Waals surface area contributed by atoms with Crippen molar-refractivity contribution < 1.29 is 15.3 Å². The SMILES string of the molecule is OC[C@H]1NC2(CC2)[C@H](O)[C@H]1O. The van der Waals surface area contributed by atoms with Crippen molar-refractivity contribution in [1.82, 2.24) is 5.32 Å². The maximum atomic E-state index is 9.47. The summed E-state index contributed by atoms with van der Waals surface area (Å²) in [7, 11) is 0. The molecule has 1 saturated heterocycles. The third kappa shape index (κ3) is 0.906. The van der Waals surface area contributed by atoms with E-state index in [1.54, 1.807) is 0 Å². The van der Waals surface area contributed by atoms with Gasteiger partial charge in [0.25, 0.3) is 0 Å². The number of rotatable bonds is 1. The Hall–Kier alpha value is -0.160. The Morgan fingerprint density at radius 3 is 2.27 bits per heavy atom. The molecule has 0 aromatic heterocycles. The van der Waals surface area contributed by atoms with Crippen LogP contribution in [0.4, 0.5) is 0 Å². The van der Waals surface area contributed by atoms with E-state index >= 15 is 0 Å². The maximum absolute atomic E-state index is 9.47. The first-order valence-electron chi connectivity index (χ1n) is 3.94. The van der Waals surface area contributed by atoms with E-state index in [-0.39, 0.29) is 18.2 Å². The lowest BCUT2D eigenvalue weighted by molar-refractivity contribution is 0.0163. The Balaban J connectivity index is 2.10. The van der Waals surface area contributed by atoms with E-state index in [0.717, 1.165) is 12.8 Å². The Morgan fingerprint density at radius 2 is 2.00 bits per heavy atom. The van der Waals surface area contributed by atoms with Gasteiger partial charge in [0, 0.05) is 5.54 Å². The second kappa shape index (κ2) is 2.17. The van der Waals surface area contributed by atoms with Gasteiger partial charge in [-0.25, -0.2) is 0 Å². The van der Waals surface area contributed by atoms with Gasteiger partial charge in [0.15, 0.2) is 0 Å². The molecule has 0 radical (unpaired) electrons. The van der Waals surface area contributed by atoms with Gasteiger partial charge in [-0.15, -0.1) is 0 Å². The molecule has 0 aromatic rings. The molecule has 0 amide bonds. The highest BCUT2D eigenvalue weighted by Crippen LogP contribution is 2.44. The van der Waals surface area contributed by atoms with Crippen molar-refractivity contribution in [2.75, 3.05) is 6.61 Å². The highest BCUT2D eigenvalue weighted by Gasteiger charge is 2.59. The van der Waals surface area contributed by atoms with Crippen molar-refractivity contribution in [2.45, 2.75) is 36.6 Å². The third-order valence-electron chi connectivity index (χ3n) is 2.76. The zero-order valence-electron chi connectivity index (χ0n) is 6.20. The number of aliphatic hydroxyl groups excluding tert-OH is 3. The van der Waals surface area contributed by atoms with Crippen LogP contribution in [-0.2, 0) is 0 Å². The summed E-state index contributed by atoms with van der Waals surface area (Å²) in [5.74, 6) is 0. The van der Waals surface area contributed by atoms with Crippen LogP contribution in [-0.4, -0.2) is 45.7 Å². The van der Waals surface area contributed by atoms with Crippen molar-refractivity contribution in [1.29, 1.82) is 0 Å². The Labute approximate surface area is 64.8 Å². The summed E-state index contributed by atoms with van der Waals surface area (Å²) in [5, 5.41) is 30.6. The number of hydrogen-bond acceptors (Lipinski definition) is 4. The zero-order chi connectivity index (χ0) is 8.06. The van der Waals surface area contributed by atoms with Crippen LogP contribution in [0, 0.1) is 0 Å². The lowest BCUT2D eigenvalue weighted by Gasteiger charge is -2.12. The monoisotopic (exact) mass is 159 g/mol. The van der Waals surface area contributed by atoms with Crippen LogP contribution in [0.25, 0.3) is 0 Å². The van der Waals surface area contributed by atoms with Gasteiger partial charge >= 0.3 is 0 Å². The van der Waals surface area contributed by atoms with Gasteiger partial charge in [-0.2, -0.15) is 0 Å². The molecule has 3 atom stereocenters. The van der Waals surface area contributed by atoms with Crippen molar-refractivity contribution in [3.05, 3.63) is 0 Å². The van der Waals surface area contributed by atoms with Crippen LogP contribution in [0.1, 0.15) is 12.8 Å². The maximum Gasteiger partial charge on any atom is 0.0996 e. The molecule has 2 fully saturated rings. The molecular weight excluding hydrogens is 146 g/mol. The minimum Gasteiger partial charge on any atom is -0.395 e. The van der Waals surface area contributed by atoms with Crippen LogP contribution >= 0.6 is 0 Å². The molecule has 1 heterocycles. The van der Waals surface area contributed by atoms with Crippen molar-refractivity contribution in [2.24, 2.45) is 0 Å². The minimum atomic E-state index is -0.803. The van der Waals surface area contributed by atoms with Crippen LogP contribution in [0.5, 0.6) is 0 Å². The van der Waals surface area contributed by atoms with Crippen molar-refractivity contribution >= 4 is 0 Å². The van der Waals surface area contributed by atoms with Crippen LogP contribution in [0.3, 0.4) is 0 Å². The molecule has 4 N–H and O–H groups in total. The number of aliphatic hydroxyl groups is 3. The van der Waals surface area contributed by atoms with Gasteiger partial charge < -0.3 is 20.6 Å². The molecule has 2 rings (SSSR count). The predicted molar refractivity (Wildman–Crippen MR) is 38.0 cm³/mol. The first-order valence-corrected chi connectivity index (χ1v) is 3.94. The topological polar surface area (TPSA) is 72.7 Å². The molecule has 1 aliphatic carbocycles. The molecule has 2 aliphatic rings. The largest absolute Gasteiger partial charge is 0.395 e. The fourth-order valence-electron chi connectivity index (χ4n) is 1.82. The van der Waals surface area contributed by atoms with Crippen LogP contribution in [0.2, 0.25) is 0 Å². The van der Waals surface area contributed by atoms with Crippen molar-refractivity contribution in [3.8, 4) is 0 Å². The highest BCUT2D eigenvalue weighted by atomic mass is 16.3. The van der Waals surface area contributed by atoms with Crippen LogP contribution < -0.4 is 5.32 Å². The van der Waals surface area contributed by atoms with Gasteiger partial charge in [-0.1, -0.05) is 0 Å². The molecule has 1 saturated carbocycles. The van der Waals surface area contributed by atoms with E-state index in [4.69, 9.17) is 5.11 Å². The molecular formula is C7H13NO3. The molecule has 11 heavy (non-hydrogen) atoms. The molecule has 4 heteroatoms. The Morgan fingerprint density at radius 1 is 1.36 bits per heavy atom. The summed E-state index contributed by atoms with van der Waals surface area (Å²) in [6.45, 7) is -0.111. The van der Waals surface area contributed by atoms with E-state index in [1.165, 1.54) is 0 Å². The second-order valence-electron chi connectivity index (χ2n) is 3.52. The van der Waals surface area contributed by atoms with E-state index in [0.29, 0.717) is 0 Å². The van der Waals surface area contributed by atoms with Gasteiger partial charge in [0.2, 0.25) is 0 Å². The van der Waals surface area contributed by atoms with E-state index in [9.17, 15) is 10.2 Å². The van der Waals surface area contributed by atoms with Gasteiger partial charge in [-0.3, -0.25) is 0 Å². The smallest absolute Gasteiger partial charge is 0.0996 e. The number of hydrogen-bond donors (Lipinski definition) is 4. The zero-order valence-corrected chi connectivity index (χ0v) is 6.20. The fraction of sp³-hybridized carbons (Fsp3) is 1.00. The first kappa shape index (κ1) is 7.49. The van der Waals surface area contributed by atoms with E-state index < -0.39 is 12.2 Å². The standard InChI is InChI=1S/C7H13NO3/c9-3-4-5(10)6(11)7(8-4)1-2-7/h4-6,8-11H,1-3H2/t4-,5+,6-/m1/s1. The Kier molecular flexibility index (Phi) is 1.47. The quantitative estimate of drug-likeness (QED) is 0.364. The van der Waals surface area contributed by atoms with Gasteiger partial charge in [0.1, 0.15) is 0 Å². The summed E-state index contributed by atoms with van der Waals surface area (Å²) in [6.07, 6.45) is 0.311. The summed E-state index contributed by atoms with van der Waals surface area (Å²) in [4.78, 5) is 0. The molecule has 0 unspecified atom stereocenters. The molecule has 0 aromatic carbocycles. The second-order valence-corrected chi connectivity index (χ2v) is 3.52. The average molecular weight is 159 g/mol. The predicted octanol–water partition coefficient (Wildman–Crippen LogP) is -1.80. The molecule has 1 spiro atoms. The summed E-state index contributed by atoms with van der Waals surface area (Å²) in [6, 6.07) is -0.340. The summed E-state index contributed by atoms with van der Waals surface area (Å²) < 4.78 is 0. The third-order valence-corrected chi connectivity index (χ3v) is 2.76. The number of nitrogens with one attached hydrogen (secondary N) is 1. The van der Waals surface area contributed by atoms with E-state index in [2.05, 4.69) is 5.32 Å². The summed E-state index contributed by atoms with van der Waals surface area (Å²) >= 11 is 0. The van der Waals surface area contributed by atoms with E-state index in [1.807, 2.05) is 0 Å². The van der Waals surface area contributed by atoms with Gasteiger partial charge in [-0.05, 0) is 12.8 Å². The first-order chi connectivity index (χ1) is 5.19. The average Bonchev–Trinajstić information content (AvgIpc) is 2.74. The molecule has 64 valence electrons. The highest BCUT2D eigenvalue weighted by molar-refractivity contribution is 5.17. The Bertz CT molecular complexity index is 169. The molecule has 1 aliphatic heterocycles. The molecule has 4 nitrogen and oxygen atoms in total. The fourth-order valence-corrected chi connectivity index (χ4v) is 1.82. The lowest BCUT2D eigenvalue weighted by atomic mass is 10.1. The minimum absolute atomic E-state index is 0.111. The summed E-state index contributed by atoms with van der Waals surface area (Å²) in [5.41, 5.74) is -0.257. The van der Waals surface area contributed by atoms with Gasteiger partial charge in [0.05, 0.1) is 24.9 Å².